The largest absolute Gasteiger partial charge is 0.0625 e. The van der Waals surface area contributed by atoms with Gasteiger partial charge in [0.1, 0.15) is 0 Å². The van der Waals surface area contributed by atoms with E-state index < -0.39 is 0 Å². The highest BCUT2D eigenvalue weighted by Gasteiger charge is 2.30. The van der Waals surface area contributed by atoms with E-state index in [1.807, 2.05) is 0 Å². The maximum Gasteiger partial charge on any atom is -0.0162 e. The molecule has 0 aromatic heterocycles. The first-order valence-corrected chi connectivity index (χ1v) is 8.79. The lowest BCUT2D eigenvalue weighted by atomic mass is 9.68. The van der Waals surface area contributed by atoms with Gasteiger partial charge in [0.05, 0.1) is 0 Å². The molecule has 0 atom stereocenters. The molecule has 0 nitrogen and oxygen atoms in total. The van der Waals surface area contributed by atoms with Crippen LogP contribution in [0.2, 0.25) is 0 Å². The van der Waals surface area contributed by atoms with Gasteiger partial charge in [-0.3, -0.25) is 0 Å². The molecule has 0 radical (unpaired) electrons. The van der Waals surface area contributed by atoms with Crippen molar-refractivity contribution in [3.63, 3.8) is 0 Å². The van der Waals surface area contributed by atoms with E-state index in [0.29, 0.717) is 0 Å². The Morgan fingerprint density at radius 3 is 1.75 bits per heavy atom. The highest BCUT2D eigenvalue weighted by molar-refractivity contribution is 5.24. The van der Waals surface area contributed by atoms with E-state index in [9.17, 15) is 0 Å². The van der Waals surface area contributed by atoms with Gasteiger partial charge in [-0.25, -0.2) is 0 Å². The van der Waals surface area contributed by atoms with Crippen LogP contribution in [0, 0.1) is 24.7 Å². The fourth-order valence-electron chi connectivity index (χ4n) is 4.52. The zero-order valence-electron chi connectivity index (χ0n) is 13.3. The van der Waals surface area contributed by atoms with Crippen LogP contribution in [-0.4, -0.2) is 0 Å². The summed E-state index contributed by atoms with van der Waals surface area (Å²) in [5.74, 6) is 3.94. The number of rotatable bonds is 2. The van der Waals surface area contributed by atoms with Crippen LogP contribution < -0.4 is 0 Å². The monoisotopic (exact) mass is 270 g/mol. The van der Waals surface area contributed by atoms with Gasteiger partial charge >= 0.3 is 0 Å². The van der Waals surface area contributed by atoms with Crippen LogP contribution in [0.15, 0.2) is 24.3 Å². The average molecular weight is 270 g/mol. The highest BCUT2D eigenvalue weighted by atomic mass is 14.4. The maximum absolute atomic E-state index is 2.44. The van der Waals surface area contributed by atoms with E-state index in [1.165, 1.54) is 56.9 Å². The number of hydrogen-bond donors (Lipinski definition) is 0. The first-order chi connectivity index (χ1) is 9.72. The van der Waals surface area contributed by atoms with Crippen molar-refractivity contribution in [2.24, 2.45) is 17.8 Å². The molecule has 0 amide bonds. The minimum atomic E-state index is 0.842. The van der Waals surface area contributed by atoms with Crippen LogP contribution in [0.3, 0.4) is 0 Å². The number of hydrogen-bond acceptors (Lipinski definition) is 0. The molecule has 110 valence electrons. The molecule has 2 aliphatic carbocycles. The minimum Gasteiger partial charge on any atom is -0.0625 e. The molecule has 2 saturated carbocycles. The second kappa shape index (κ2) is 6.33. The lowest BCUT2D eigenvalue weighted by Crippen LogP contribution is -2.24. The first-order valence-electron chi connectivity index (χ1n) is 8.79. The van der Waals surface area contributed by atoms with Crippen molar-refractivity contribution in [1.29, 1.82) is 0 Å². The topological polar surface area (TPSA) is 0 Å². The summed E-state index contributed by atoms with van der Waals surface area (Å²) in [5.41, 5.74) is 2.98. The maximum atomic E-state index is 2.44. The van der Waals surface area contributed by atoms with Gasteiger partial charge in [-0.2, -0.15) is 0 Å². The molecule has 0 heteroatoms. The lowest BCUT2D eigenvalue weighted by Gasteiger charge is -2.37. The summed E-state index contributed by atoms with van der Waals surface area (Å²) in [6.45, 7) is 4.62. The highest BCUT2D eigenvalue weighted by Crippen LogP contribution is 2.43. The normalized spacial score (nSPS) is 34.9. The fourth-order valence-corrected chi connectivity index (χ4v) is 4.52. The molecule has 3 rings (SSSR count). The smallest absolute Gasteiger partial charge is 0.0162 e. The van der Waals surface area contributed by atoms with Crippen molar-refractivity contribution in [1.82, 2.24) is 0 Å². The molecule has 1 aromatic rings. The van der Waals surface area contributed by atoms with Gasteiger partial charge in [-0.05, 0) is 74.7 Å². The molecule has 20 heavy (non-hydrogen) atoms. The molecule has 0 spiro atoms. The molecule has 2 fully saturated rings. The summed E-state index contributed by atoms with van der Waals surface area (Å²) in [6.07, 6.45) is 11.8. The zero-order valence-corrected chi connectivity index (χ0v) is 13.3. The Bertz CT molecular complexity index is 400. The van der Waals surface area contributed by atoms with Crippen molar-refractivity contribution in [3.05, 3.63) is 35.4 Å². The van der Waals surface area contributed by atoms with Gasteiger partial charge in [0.15, 0.2) is 0 Å². The predicted molar refractivity (Wildman–Crippen MR) is 87.0 cm³/mol. The average Bonchev–Trinajstić information content (AvgIpc) is 2.49. The predicted octanol–water partition coefficient (Wildman–Crippen LogP) is 6.10. The van der Waals surface area contributed by atoms with Crippen molar-refractivity contribution in [2.75, 3.05) is 0 Å². The molecular formula is C20H30. The van der Waals surface area contributed by atoms with Gasteiger partial charge in [0.25, 0.3) is 0 Å². The van der Waals surface area contributed by atoms with Crippen LogP contribution in [0.25, 0.3) is 0 Å². The Balaban J connectivity index is 1.53. The van der Waals surface area contributed by atoms with Crippen LogP contribution in [0.4, 0.5) is 0 Å². The fraction of sp³-hybridized carbons (Fsp3) is 0.700. The van der Waals surface area contributed by atoms with Crippen molar-refractivity contribution in [3.8, 4) is 0 Å². The first kappa shape index (κ1) is 14.2. The molecule has 0 heterocycles. The Hall–Kier alpha value is -0.780. The molecule has 0 saturated heterocycles. The van der Waals surface area contributed by atoms with E-state index >= 15 is 0 Å². The van der Waals surface area contributed by atoms with Crippen molar-refractivity contribution in [2.45, 2.75) is 71.1 Å². The Labute approximate surface area is 125 Å². The Kier molecular flexibility index (Phi) is 4.48. The summed E-state index contributed by atoms with van der Waals surface area (Å²) in [7, 11) is 0. The van der Waals surface area contributed by atoms with Crippen LogP contribution in [0.5, 0.6) is 0 Å². The standard InChI is InChI=1S/C20H30/c1-15-3-7-17(8-4-15)19-11-13-20(14-12-19)18-9-5-16(2)6-10-18/h3-4,7-8,16,18-20H,5-6,9-14H2,1-2H3. The van der Waals surface area contributed by atoms with E-state index in [2.05, 4.69) is 38.1 Å². The van der Waals surface area contributed by atoms with E-state index in [-0.39, 0.29) is 0 Å². The van der Waals surface area contributed by atoms with Gasteiger partial charge in [-0.1, -0.05) is 49.6 Å². The summed E-state index contributed by atoms with van der Waals surface area (Å²) in [5, 5.41) is 0. The third-order valence-electron chi connectivity index (χ3n) is 6.05. The third-order valence-corrected chi connectivity index (χ3v) is 6.05. The summed E-state index contributed by atoms with van der Waals surface area (Å²) in [6, 6.07) is 9.29. The van der Waals surface area contributed by atoms with Gasteiger partial charge in [0, 0.05) is 0 Å². The second-order valence-corrected chi connectivity index (χ2v) is 7.54. The lowest BCUT2D eigenvalue weighted by molar-refractivity contribution is 0.165. The molecule has 0 aliphatic heterocycles. The minimum absolute atomic E-state index is 0.842. The SMILES string of the molecule is Cc1ccc(C2CCC(C3CCC(C)CC3)CC2)cc1. The Morgan fingerprint density at radius 1 is 0.700 bits per heavy atom. The molecule has 0 bridgehead atoms. The van der Waals surface area contributed by atoms with Crippen LogP contribution in [-0.2, 0) is 0 Å². The second-order valence-electron chi connectivity index (χ2n) is 7.54. The Morgan fingerprint density at radius 2 is 1.20 bits per heavy atom. The van der Waals surface area contributed by atoms with E-state index in [4.69, 9.17) is 0 Å². The van der Waals surface area contributed by atoms with Crippen molar-refractivity contribution >= 4 is 0 Å². The molecule has 1 aromatic carbocycles. The molecule has 0 unspecified atom stereocenters. The quantitative estimate of drug-likeness (QED) is 0.609. The summed E-state index contributed by atoms with van der Waals surface area (Å²) in [4.78, 5) is 0. The summed E-state index contributed by atoms with van der Waals surface area (Å²) >= 11 is 0. The molecule has 0 N–H and O–H groups in total. The van der Waals surface area contributed by atoms with Crippen LogP contribution >= 0.6 is 0 Å². The van der Waals surface area contributed by atoms with E-state index in [0.717, 1.165) is 23.7 Å². The van der Waals surface area contributed by atoms with Gasteiger partial charge in [-0.15, -0.1) is 0 Å². The van der Waals surface area contributed by atoms with Gasteiger partial charge < -0.3 is 0 Å². The number of benzene rings is 1. The number of aryl methyl sites for hydroxylation is 1. The van der Waals surface area contributed by atoms with Crippen LogP contribution in [0.1, 0.15) is 75.3 Å². The third kappa shape index (κ3) is 3.27. The van der Waals surface area contributed by atoms with Crippen molar-refractivity contribution < 1.29 is 0 Å². The zero-order chi connectivity index (χ0) is 13.9. The van der Waals surface area contributed by atoms with Gasteiger partial charge in [0.2, 0.25) is 0 Å². The van der Waals surface area contributed by atoms with E-state index in [1.54, 1.807) is 5.56 Å². The summed E-state index contributed by atoms with van der Waals surface area (Å²) < 4.78 is 0. The molecular weight excluding hydrogens is 240 g/mol. The molecule has 2 aliphatic rings.